The minimum atomic E-state index is -0.263. The Morgan fingerprint density at radius 1 is 1.14 bits per heavy atom. The van der Waals surface area contributed by atoms with E-state index in [0.29, 0.717) is 17.9 Å². The predicted molar refractivity (Wildman–Crippen MR) is 75.0 cm³/mol. The van der Waals surface area contributed by atoms with Gasteiger partial charge in [0.05, 0.1) is 5.56 Å². The lowest BCUT2D eigenvalue weighted by Crippen LogP contribution is -1.99. The van der Waals surface area contributed by atoms with Gasteiger partial charge in [0.2, 0.25) is 0 Å². The number of aromatic nitrogens is 4. The van der Waals surface area contributed by atoms with Crippen molar-refractivity contribution in [3.05, 3.63) is 53.8 Å². The van der Waals surface area contributed by atoms with Gasteiger partial charge in [-0.1, -0.05) is 12.1 Å². The normalized spacial score (nSPS) is 10.5. The van der Waals surface area contributed by atoms with Gasteiger partial charge in [-0.3, -0.25) is 0 Å². The van der Waals surface area contributed by atoms with Crippen LogP contribution in [-0.2, 0) is 6.54 Å². The summed E-state index contributed by atoms with van der Waals surface area (Å²) in [5.74, 6) is 0.205. The van der Waals surface area contributed by atoms with Gasteiger partial charge in [0, 0.05) is 18.3 Å². The lowest BCUT2D eigenvalue weighted by molar-refractivity contribution is 0.477. The van der Waals surface area contributed by atoms with Crippen LogP contribution < -0.4 is 5.32 Å². The van der Waals surface area contributed by atoms with E-state index in [1.807, 2.05) is 0 Å². The van der Waals surface area contributed by atoms with E-state index >= 15 is 0 Å². The van der Waals surface area contributed by atoms with E-state index in [2.05, 4.69) is 25.9 Å². The van der Waals surface area contributed by atoms with Crippen LogP contribution >= 0.6 is 0 Å². The molecule has 0 spiro atoms. The number of benzene rings is 2. The fourth-order valence-corrected chi connectivity index (χ4v) is 1.92. The highest BCUT2D eigenvalue weighted by atomic mass is 19.1. The third-order valence-corrected chi connectivity index (χ3v) is 3.01. The number of hydrogen-bond acceptors (Lipinski definition) is 5. The summed E-state index contributed by atoms with van der Waals surface area (Å²) in [5, 5.41) is 26.4. The Morgan fingerprint density at radius 2 is 1.95 bits per heavy atom. The van der Waals surface area contributed by atoms with Crippen molar-refractivity contribution >= 4 is 5.69 Å². The van der Waals surface area contributed by atoms with E-state index in [1.165, 1.54) is 12.1 Å². The van der Waals surface area contributed by atoms with Gasteiger partial charge in [-0.2, -0.15) is 0 Å². The Morgan fingerprint density at radius 3 is 2.62 bits per heavy atom. The minimum absolute atomic E-state index is 0.0673. The van der Waals surface area contributed by atoms with E-state index in [9.17, 15) is 9.50 Å². The molecule has 21 heavy (non-hydrogen) atoms. The summed E-state index contributed by atoms with van der Waals surface area (Å²) in [7, 11) is 0. The van der Waals surface area contributed by atoms with Gasteiger partial charge in [-0.15, -0.1) is 5.10 Å². The van der Waals surface area contributed by atoms with Crippen molar-refractivity contribution in [1.82, 2.24) is 20.6 Å². The molecule has 0 bridgehead atoms. The van der Waals surface area contributed by atoms with Crippen molar-refractivity contribution in [2.24, 2.45) is 0 Å². The Labute approximate surface area is 119 Å². The maximum absolute atomic E-state index is 12.8. The number of rotatable bonds is 4. The molecule has 0 saturated carbocycles. The van der Waals surface area contributed by atoms with Crippen LogP contribution in [0.2, 0.25) is 0 Å². The van der Waals surface area contributed by atoms with Crippen LogP contribution in [0, 0.1) is 5.82 Å². The van der Waals surface area contributed by atoms with Crippen LogP contribution in [-0.4, -0.2) is 25.7 Å². The quantitative estimate of drug-likeness (QED) is 0.685. The maximum atomic E-state index is 12.8. The van der Waals surface area contributed by atoms with Gasteiger partial charge in [-0.05, 0) is 40.3 Å². The Hall–Kier alpha value is -2.96. The third-order valence-electron chi connectivity index (χ3n) is 3.01. The first kappa shape index (κ1) is 13.0. The monoisotopic (exact) mass is 285 g/mol. The van der Waals surface area contributed by atoms with Gasteiger partial charge in [-0.25, -0.2) is 9.49 Å². The molecule has 0 aliphatic carbocycles. The Bertz CT molecular complexity index is 728. The van der Waals surface area contributed by atoms with E-state index in [1.54, 1.807) is 30.3 Å². The van der Waals surface area contributed by atoms with Gasteiger partial charge < -0.3 is 10.4 Å². The van der Waals surface area contributed by atoms with Crippen molar-refractivity contribution in [3.8, 4) is 17.1 Å². The van der Waals surface area contributed by atoms with Crippen molar-refractivity contribution in [2.45, 2.75) is 6.54 Å². The van der Waals surface area contributed by atoms with E-state index in [4.69, 9.17) is 0 Å². The van der Waals surface area contributed by atoms with Gasteiger partial charge in [0.1, 0.15) is 11.6 Å². The second-order valence-electron chi connectivity index (χ2n) is 4.46. The number of aromatic amines is 1. The molecule has 0 atom stereocenters. The molecule has 2 aromatic carbocycles. The summed E-state index contributed by atoms with van der Waals surface area (Å²) >= 11 is 0. The van der Waals surface area contributed by atoms with Crippen molar-refractivity contribution in [1.29, 1.82) is 0 Å². The lowest BCUT2D eigenvalue weighted by Gasteiger charge is -2.08. The molecule has 3 rings (SSSR count). The number of H-pyrrole nitrogens is 1. The summed E-state index contributed by atoms with van der Waals surface area (Å²) in [6.07, 6.45) is 0. The van der Waals surface area contributed by atoms with E-state index in [0.717, 1.165) is 11.3 Å². The lowest BCUT2D eigenvalue weighted by atomic mass is 10.1. The number of anilines is 1. The van der Waals surface area contributed by atoms with Gasteiger partial charge in [0.15, 0.2) is 5.82 Å². The summed E-state index contributed by atoms with van der Waals surface area (Å²) in [6, 6.07) is 11.3. The molecule has 1 heterocycles. The topological polar surface area (TPSA) is 86.7 Å². The third kappa shape index (κ3) is 2.97. The molecule has 7 heteroatoms. The summed E-state index contributed by atoms with van der Waals surface area (Å²) in [6.45, 7) is 0.531. The zero-order valence-corrected chi connectivity index (χ0v) is 10.9. The van der Waals surface area contributed by atoms with Crippen molar-refractivity contribution < 1.29 is 9.50 Å². The fourth-order valence-electron chi connectivity index (χ4n) is 1.92. The van der Waals surface area contributed by atoms with Crippen molar-refractivity contribution in [3.63, 3.8) is 0 Å². The average molecular weight is 285 g/mol. The number of nitrogens with zero attached hydrogens (tertiary/aromatic N) is 3. The van der Waals surface area contributed by atoms with Crippen molar-refractivity contribution in [2.75, 3.05) is 5.32 Å². The number of halogens is 1. The molecule has 0 fully saturated rings. The molecule has 1 aromatic heterocycles. The van der Waals surface area contributed by atoms with Crippen LogP contribution in [0.1, 0.15) is 5.56 Å². The average Bonchev–Trinajstić information content (AvgIpc) is 3.01. The first-order valence-corrected chi connectivity index (χ1v) is 6.28. The highest BCUT2D eigenvalue weighted by Crippen LogP contribution is 2.28. The molecular formula is C14H12FN5O. The molecule has 0 unspecified atom stereocenters. The molecular weight excluding hydrogens is 273 g/mol. The van der Waals surface area contributed by atoms with Crippen LogP contribution in [0.25, 0.3) is 11.4 Å². The number of nitrogens with one attached hydrogen (secondary N) is 2. The van der Waals surface area contributed by atoms with Crippen LogP contribution in [0.3, 0.4) is 0 Å². The summed E-state index contributed by atoms with van der Waals surface area (Å²) in [5.41, 5.74) is 2.21. The SMILES string of the molecule is Oc1cc(NCc2ccc(F)cc2)ccc1-c1nnn[nH]1. The second-order valence-corrected chi connectivity index (χ2v) is 4.46. The van der Waals surface area contributed by atoms with Crippen LogP contribution in [0.5, 0.6) is 5.75 Å². The Kier molecular flexibility index (Phi) is 3.46. The predicted octanol–water partition coefficient (Wildman–Crippen LogP) is 2.32. The van der Waals surface area contributed by atoms with Crippen LogP contribution in [0.15, 0.2) is 42.5 Å². The van der Waals surface area contributed by atoms with E-state index in [-0.39, 0.29) is 11.6 Å². The molecule has 0 aliphatic heterocycles. The molecule has 106 valence electrons. The molecule has 3 N–H and O–H groups in total. The standard InChI is InChI=1S/C14H12FN5O/c15-10-3-1-9(2-4-10)8-16-11-5-6-12(13(21)7-11)14-17-19-20-18-14/h1-7,16,21H,8H2,(H,17,18,19,20). The molecule has 6 nitrogen and oxygen atoms in total. The smallest absolute Gasteiger partial charge is 0.183 e. The fraction of sp³-hybridized carbons (Fsp3) is 0.0714. The number of hydrogen-bond donors (Lipinski definition) is 3. The van der Waals surface area contributed by atoms with Crippen LogP contribution in [0.4, 0.5) is 10.1 Å². The van der Waals surface area contributed by atoms with E-state index < -0.39 is 0 Å². The maximum Gasteiger partial charge on any atom is 0.183 e. The summed E-state index contributed by atoms with van der Waals surface area (Å²) in [4.78, 5) is 0. The highest BCUT2D eigenvalue weighted by molar-refractivity contribution is 5.67. The minimum Gasteiger partial charge on any atom is -0.507 e. The number of phenols is 1. The molecule has 3 aromatic rings. The molecule has 0 saturated heterocycles. The number of aromatic hydroxyl groups is 1. The number of tetrazole rings is 1. The first-order valence-electron chi connectivity index (χ1n) is 6.28. The second kappa shape index (κ2) is 5.58. The van der Waals surface area contributed by atoms with Gasteiger partial charge in [0.25, 0.3) is 0 Å². The number of phenolic OH excluding ortho intramolecular Hbond substituents is 1. The Balaban J connectivity index is 1.72. The zero-order valence-electron chi connectivity index (χ0n) is 10.9. The largest absolute Gasteiger partial charge is 0.507 e. The molecule has 0 aliphatic rings. The van der Waals surface area contributed by atoms with Gasteiger partial charge >= 0.3 is 0 Å². The first-order chi connectivity index (χ1) is 10.2. The summed E-state index contributed by atoms with van der Waals surface area (Å²) < 4.78 is 12.8. The molecule has 0 radical (unpaired) electrons. The molecule has 0 amide bonds. The zero-order chi connectivity index (χ0) is 14.7. The highest BCUT2D eigenvalue weighted by Gasteiger charge is 2.08.